The van der Waals surface area contributed by atoms with Crippen LogP contribution in [-0.2, 0) is 6.42 Å². The van der Waals surface area contributed by atoms with Gasteiger partial charge in [0.05, 0.1) is 0 Å². The fourth-order valence-electron chi connectivity index (χ4n) is 2.72. The average Bonchev–Trinajstić information content (AvgIpc) is 2.55. The van der Waals surface area contributed by atoms with Gasteiger partial charge in [0.1, 0.15) is 0 Å². The summed E-state index contributed by atoms with van der Waals surface area (Å²) >= 11 is 0. The zero-order chi connectivity index (χ0) is 10.1. The van der Waals surface area contributed by atoms with Gasteiger partial charge in [-0.25, -0.2) is 0 Å². The molecule has 1 nitrogen and oxygen atoms in total. The first-order valence-corrected chi connectivity index (χ1v) is 5.48. The van der Waals surface area contributed by atoms with Crippen LogP contribution in [-0.4, -0.2) is 19.0 Å². The molecule has 0 amide bonds. The maximum Gasteiger partial charge on any atom is 0.0376 e. The van der Waals surface area contributed by atoms with Crippen LogP contribution in [0.5, 0.6) is 0 Å². The lowest BCUT2D eigenvalue weighted by molar-refractivity contribution is 0.224. The Morgan fingerprint density at radius 2 is 2.00 bits per heavy atom. The summed E-state index contributed by atoms with van der Waals surface area (Å²) in [6.45, 7) is 2.30. The van der Waals surface area contributed by atoms with Gasteiger partial charge in [-0.05, 0) is 37.6 Å². The largest absolute Gasteiger partial charge is 0.302 e. The number of nitrogens with zero attached hydrogens (tertiary/aromatic N) is 1. The monoisotopic (exact) mass is 189 g/mol. The Hall–Kier alpha value is -0.820. The summed E-state index contributed by atoms with van der Waals surface area (Å²) in [6, 6.07) is 9.52. The summed E-state index contributed by atoms with van der Waals surface area (Å²) < 4.78 is 0. The third-order valence-electron chi connectivity index (χ3n) is 3.38. The molecule has 0 spiro atoms. The molecular weight excluding hydrogens is 170 g/mol. The molecule has 0 aromatic heterocycles. The Bertz CT molecular complexity index is 317. The molecular formula is C13H19N. The van der Waals surface area contributed by atoms with Crippen LogP contribution in [0.25, 0.3) is 0 Å². The molecule has 0 unspecified atom stereocenters. The van der Waals surface area contributed by atoms with Crippen molar-refractivity contribution in [2.75, 3.05) is 14.1 Å². The standard InChI is InChI=1S/C13H19N/c1-4-10-9-11-7-5-6-8-12(11)13(10)14(2)3/h5-8,10,13H,4,9H2,1-3H3/t10-,13-/m1/s1. The van der Waals surface area contributed by atoms with E-state index in [1.54, 1.807) is 11.1 Å². The second-order valence-electron chi connectivity index (χ2n) is 4.48. The second-order valence-corrected chi connectivity index (χ2v) is 4.48. The normalized spacial score (nSPS) is 25.4. The molecule has 1 aliphatic rings. The van der Waals surface area contributed by atoms with Gasteiger partial charge in [0.2, 0.25) is 0 Å². The summed E-state index contributed by atoms with van der Waals surface area (Å²) in [5.74, 6) is 0.808. The number of hydrogen-bond donors (Lipinski definition) is 0. The van der Waals surface area contributed by atoms with Crippen LogP contribution in [0.2, 0.25) is 0 Å². The van der Waals surface area contributed by atoms with Gasteiger partial charge in [0.15, 0.2) is 0 Å². The molecule has 1 heteroatoms. The van der Waals surface area contributed by atoms with Crippen molar-refractivity contribution in [2.24, 2.45) is 5.92 Å². The molecule has 2 atom stereocenters. The fourth-order valence-corrected chi connectivity index (χ4v) is 2.72. The third-order valence-corrected chi connectivity index (χ3v) is 3.38. The van der Waals surface area contributed by atoms with E-state index in [0.29, 0.717) is 6.04 Å². The van der Waals surface area contributed by atoms with Gasteiger partial charge in [-0.3, -0.25) is 0 Å². The van der Waals surface area contributed by atoms with E-state index < -0.39 is 0 Å². The number of hydrogen-bond acceptors (Lipinski definition) is 1. The lowest BCUT2D eigenvalue weighted by Crippen LogP contribution is -2.23. The molecule has 0 saturated carbocycles. The molecule has 2 rings (SSSR count). The van der Waals surface area contributed by atoms with E-state index in [1.807, 2.05) is 0 Å². The lowest BCUT2D eigenvalue weighted by atomic mass is 9.97. The molecule has 0 fully saturated rings. The Kier molecular flexibility index (Phi) is 2.60. The summed E-state index contributed by atoms with van der Waals surface area (Å²) in [5, 5.41) is 0. The van der Waals surface area contributed by atoms with Crippen molar-refractivity contribution in [2.45, 2.75) is 25.8 Å². The van der Waals surface area contributed by atoms with E-state index in [0.717, 1.165) is 5.92 Å². The molecule has 0 aliphatic heterocycles. The van der Waals surface area contributed by atoms with Crippen molar-refractivity contribution in [1.29, 1.82) is 0 Å². The van der Waals surface area contributed by atoms with Gasteiger partial charge >= 0.3 is 0 Å². The van der Waals surface area contributed by atoms with Crippen LogP contribution >= 0.6 is 0 Å². The van der Waals surface area contributed by atoms with Crippen LogP contribution < -0.4 is 0 Å². The van der Waals surface area contributed by atoms with Gasteiger partial charge in [-0.2, -0.15) is 0 Å². The molecule has 1 aliphatic carbocycles. The van der Waals surface area contributed by atoms with E-state index in [2.05, 4.69) is 50.2 Å². The van der Waals surface area contributed by atoms with E-state index >= 15 is 0 Å². The maximum atomic E-state index is 2.36. The highest BCUT2D eigenvalue weighted by atomic mass is 15.1. The van der Waals surface area contributed by atoms with E-state index in [9.17, 15) is 0 Å². The summed E-state index contributed by atoms with van der Waals surface area (Å²) in [6.07, 6.45) is 2.53. The highest BCUT2D eigenvalue weighted by Gasteiger charge is 2.31. The molecule has 0 N–H and O–H groups in total. The third kappa shape index (κ3) is 1.46. The Balaban J connectivity index is 2.37. The van der Waals surface area contributed by atoms with Crippen molar-refractivity contribution in [3.8, 4) is 0 Å². The predicted octanol–water partition coefficient (Wildman–Crippen LogP) is 2.87. The van der Waals surface area contributed by atoms with Gasteiger partial charge in [0.25, 0.3) is 0 Å². The fraction of sp³-hybridized carbons (Fsp3) is 0.538. The topological polar surface area (TPSA) is 3.24 Å². The zero-order valence-corrected chi connectivity index (χ0v) is 9.33. The molecule has 14 heavy (non-hydrogen) atoms. The molecule has 76 valence electrons. The smallest absolute Gasteiger partial charge is 0.0376 e. The summed E-state index contributed by atoms with van der Waals surface area (Å²) in [7, 11) is 4.38. The lowest BCUT2D eigenvalue weighted by Gasteiger charge is -2.26. The molecule has 0 radical (unpaired) electrons. The van der Waals surface area contributed by atoms with Crippen LogP contribution in [0.1, 0.15) is 30.5 Å². The highest BCUT2D eigenvalue weighted by molar-refractivity contribution is 5.35. The predicted molar refractivity (Wildman–Crippen MR) is 60.4 cm³/mol. The number of rotatable bonds is 2. The minimum atomic E-state index is 0.635. The molecule has 0 bridgehead atoms. The van der Waals surface area contributed by atoms with Crippen LogP contribution in [0.4, 0.5) is 0 Å². The van der Waals surface area contributed by atoms with Gasteiger partial charge in [-0.15, -0.1) is 0 Å². The SMILES string of the molecule is CC[C@@H]1Cc2ccccc2[C@@H]1N(C)C. The summed E-state index contributed by atoms with van der Waals surface area (Å²) in [5.41, 5.74) is 3.10. The quantitative estimate of drug-likeness (QED) is 0.691. The van der Waals surface area contributed by atoms with E-state index in [1.165, 1.54) is 12.8 Å². The minimum Gasteiger partial charge on any atom is -0.302 e. The molecule has 0 saturated heterocycles. The van der Waals surface area contributed by atoms with Crippen molar-refractivity contribution >= 4 is 0 Å². The first-order valence-electron chi connectivity index (χ1n) is 5.48. The van der Waals surface area contributed by atoms with Gasteiger partial charge in [-0.1, -0.05) is 37.6 Å². The van der Waals surface area contributed by atoms with Crippen molar-refractivity contribution in [3.05, 3.63) is 35.4 Å². The molecule has 1 aromatic carbocycles. The first kappa shape index (κ1) is 9.72. The number of fused-ring (bicyclic) bond motifs is 1. The summed E-state index contributed by atoms with van der Waals surface area (Å²) in [4.78, 5) is 2.36. The highest BCUT2D eigenvalue weighted by Crippen LogP contribution is 2.40. The van der Waals surface area contributed by atoms with Crippen LogP contribution in [0, 0.1) is 5.92 Å². The number of benzene rings is 1. The van der Waals surface area contributed by atoms with Crippen molar-refractivity contribution < 1.29 is 0 Å². The Labute approximate surface area is 86.7 Å². The van der Waals surface area contributed by atoms with Crippen molar-refractivity contribution in [3.63, 3.8) is 0 Å². The Morgan fingerprint density at radius 1 is 1.29 bits per heavy atom. The van der Waals surface area contributed by atoms with Crippen LogP contribution in [0.3, 0.4) is 0 Å². The van der Waals surface area contributed by atoms with E-state index in [4.69, 9.17) is 0 Å². The van der Waals surface area contributed by atoms with Crippen molar-refractivity contribution in [1.82, 2.24) is 4.90 Å². The Morgan fingerprint density at radius 3 is 2.64 bits per heavy atom. The molecule has 0 heterocycles. The van der Waals surface area contributed by atoms with Crippen LogP contribution in [0.15, 0.2) is 24.3 Å². The van der Waals surface area contributed by atoms with Gasteiger partial charge < -0.3 is 4.90 Å². The average molecular weight is 189 g/mol. The first-order chi connectivity index (χ1) is 6.74. The zero-order valence-electron chi connectivity index (χ0n) is 9.33. The van der Waals surface area contributed by atoms with E-state index in [-0.39, 0.29) is 0 Å². The minimum absolute atomic E-state index is 0.635. The molecule has 1 aromatic rings. The second kappa shape index (κ2) is 3.74. The van der Waals surface area contributed by atoms with Gasteiger partial charge in [0, 0.05) is 6.04 Å². The maximum absolute atomic E-state index is 2.36.